The molecule has 1 rings (SSSR count). The molecule has 5 nitrogen and oxygen atoms in total. The molecule has 0 aliphatic carbocycles. The highest BCUT2D eigenvalue weighted by molar-refractivity contribution is 7.11. The smallest absolute Gasteiger partial charge is 0.197 e. The zero-order chi connectivity index (χ0) is 11.4. The summed E-state index contributed by atoms with van der Waals surface area (Å²) in [6.45, 7) is 4.72. The minimum atomic E-state index is -0.396. The molecule has 0 saturated heterocycles. The Kier molecular flexibility index (Phi) is 4.16. The summed E-state index contributed by atoms with van der Waals surface area (Å²) in [7, 11) is 1.88. The summed E-state index contributed by atoms with van der Waals surface area (Å²) in [4.78, 5) is 1.89. The average molecular weight is 231 g/mol. The maximum absolute atomic E-state index is 9.28. The van der Waals surface area contributed by atoms with E-state index in [1.165, 1.54) is 11.5 Å². The molecular weight excluding hydrogens is 214 g/mol. The number of nitrogen functional groups attached to an aromatic ring is 1. The maximum atomic E-state index is 9.28. The van der Waals surface area contributed by atoms with Gasteiger partial charge in [0.15, 0.2) is 16.6 Å². The van der Waals surface area contributed by atoms with Crippen molar-refractivity contribution < 1.29 is 9.84 Å². The van der Waals surface area contributed by atoms with Crippen LogP contribution in [-0.2, 0) is 0 Å². The first-order chi connectivity index (χ1) is 7.06. The molecule has 15 heavy (non-hydrogen) atoms. The number of nitrogens with zero attached hydrogens (tertiary/aromatic N) is 2. The lowest BCUT2D eigenvalue weighted by molar-refractivity contribution is 0.201. The van der Waals surface area contributed by atoms with E-state index in [-0.39, 0.29) is 0 Å². The number of ether oxygens (including phenoxy) is 1. The van der Waals surface area contributed by atoms with Crippen LogP contribution in [0.4, 0.5) is 10.8 Å². The third kappa shape index (κ3) is 2.97. The van der Waals surface area contributed by atoms with Gasteiger partial charge < -0.3 is 20.5 Å². The fourth-order valence-corrected chi connectivity index (χ4v) is 2.02. The number of likely N-dealkylation sites (N-methyl/N-ethyl adjacent to an activating group) is 1. The highest BCUT2D eigenvalue weighted by Gasteiger charge is 2.17. The number of anilines is 2. The van der Waals surface area contributed by atoms with Crippen LogP contribution in [0.25, 0.3) is 0 Å². The van der Waals surface area contributed by atoms with Crippen LogP contribution in [0.15, 0.2) is 0 Å². The largest absolute Gasteiger partial charge is 0.487 e. The second-order valence-electron chi connectivity index (χ2n) is 3.36. The molecule has 0 radical (unpaired) electrons. The van der Waals surface area contributed by atoms with Crippen molar-refractivity contribution in [2.24, 2.45) is 0 Å². The molecule has 3 N–H and O–H groups in total. The third-order valence-corrected chi connectivity index (χ3v) is 2.79. The molecule has 0 amide bonds. The normalized spacial score (nSPS) is 12.5. The van der Waals surface area contributed by atoms with Crippen LogP contribution in [0, 0.1) is 0 Å². The van der Waals surface area contributed by atoms with E-state index < -0.39 is 6.10 Å². The number of aliphatic hydroxyl groups is 1. The number of aliphatic hydroxyl groups excluding tert-OH is 1. The number of nitrogens with two attached hydrogens (primary N) is 1. The van der Waals surface area contributed by atoms with Crippen molar-refractivity contribution in [3.63, 3.8) is 0 Å². The predicted octanol–water partition coefficient (Wildman–Crippen LogP) is 0.941. The summed E-state index contributed by atoms with van der Waals surface area (Å²) >= 11 is 1.28. The van der Waals surface area contributed by atoms with Crippen molar-refractivity contribution in [1.29, 1.82) is 0 Å². The molecule has 0 saturated carbocycles. The summed E-state index contributed by atoms with van der Waals surface area (Å²) in [5.74, 6) is 1.03. The highest BCUT2D eigenvalue weighted by atomic mass is 32.1. The van der Waals surface area contributed by atoms with E-state index in [2.05, 4.69) is 4.37 Å². The minimum Gasteiger partial charge on any atom is -0.487 e. The summed E-state index contributed by atoms with van der Waals surface area (Å²) in [5.41, 5.74) is 5.68. The van der Waals surface area contributed by atoms with Gasteiger partial charge in [0.05, 0.1) is 12.7 Å². The Morgan fingerprint density at radius 2 is 2.33 bits per heavy atom. The van der Waals surface area contributed by atoms with Crippen LogP contribution in [0.5, 0.6) is 5.75 Å². The van der Waals surface area contributed by atoms with Crippen molar-refractivity contribution in [3.8, 4) is 5.75 Å². The zero-order valence-corrected chi connectivity index (χ0v) is 10.0. The van der Waals surface area contributed by atoms with Crippen molar-refractivity contribution in [3.05, 3.63) is 0 Å². The molecule has 86 valence electrons. The van der Waals surface area contributed by atoms with Crippen LogP contribution < -0.4 is 15.4 Å². The van der Waals surface area contributed by atoms with E-state index in [9.17, 15) is 5.11 Å². The number of hydrogen-bond donors (Lipinski definition) is 2. The van der Waals surface area contributed by atoms with Gasteiger partial charge in [-0.25, -0.2) is 0 Å². The Bertz CT molecular complexity index is 314. The van der Waals surface area contributed by atoms with Crippen LogP contribution in [0.1, 0.15) is 13.8 Å². The molecule has 1 heterocycles. The van der Waals surface area contributed by atoms with Gasteiger partial charge in [-0.15, -0.1) is 0 Å². The first-order valence-corrected chi connectivity index (χ1v) is 5.60. The second kappa shape index (κ2) is 5.18. The van der Waals surface area contributed by atoms with E-state index in [0.29, 0.717) is 24.7 Å². The van der Waals surface area contributed by atoms with Gasteiger partial charge in [-0.3, -0.25) is 0 Å². The minimum absolute atomic E-state index is 0.396. The van der Waals surface area contributed by atoms with Gasteiger partial charge in [-0.05, 0) is 25.4 Å². The van der Waals surface area contributed by atoms with Crippen molar-refractivity contribution >= 4 is 22.4 Å². The molecule has 0 fully saturated rings. The summed E-state index contributed by atoms with van der Waals surface area (Å²) in [6.07, 6.45) is -0.396. The van der Waals surface area contributed by atoms with Crippen molar-refractivity contribution in [2.45, 2.75) is 20.0 Å². The summed E-state index contributed by atoms with van der Waals surface area (Å²) < 4.78 is 9.44. The van der Waals surface area contributed by atoms with Crippen LogP contribution in [0.2, 0.25) is 0 Å². The topological polar surface area (TPSA) is 71.6 Å². The fourth-order valence-electron chi connectivity index (χ4n) is 1.29. The van der Waals surface area contributed by atoms with E-state index in [0.717, 1.165) is 5.00 Å². The molecule has 0 aromatic carbocycles. The molecule has 1 unspecified atom stereocenters. The quantitative estimate of drug-likeness (QED) is 0.789. The Morgan fingerprint density at radius 1 is 1.67 bits per heavy atom. The molecule has 1 aromatic heterocycles. The van der Waals surface area contributed by atoms with Gasteiger partial charge in [0.1, 0.15) is 0 Å². The molecule has 6 heteroatoms. The van der Waals surface area contributed by atoms with Gasteiger partial charge in [-0.1, -0.05) is 0 Å². The molecule has 0 bridgehead atoms. The van der Waals surface area contributed by atoms with Gasteiger partial charge >= 0.3 is 0 Å². The fraction of sp³-hybridized carbons (Fsp3) is 0.667. The Morgan fingerprint density at radius 3 is 2.87 bits per heavy atom. The van der Waals surface area contributed by atoms with Crippen molar-refractivity contribution in [2.75, 3.05) is 30.8 Å². The lowest BCUT2D eigenvalue weighted by Crippen LogP contribution is -2.26. The Hall–Kier alpha value is -1.01. The standard InChI is InChI=1S/C9H17N3O2S/c1-4-14-7-8(10)11-15-9(7)12(3)5-6(2)13/h6,13H,4-5H2,1-3H3,(H2,10,11). The first-order valence-electron chi connectivity index (χ1n) is 4.83. The average Bonchev–Trinajstić information content (AvgIpc) is 2.48. The van der Waals surface area contributed by atoms with Crippen LogP contribution >= 0.6 is 11.5 Å². The molecular formula is C9H17N3O2S. The summed E-state index contributed by atoms with van der Waals surface area (Å²) in [6, 6.07) is 0. The summed E-state index contributed by atoms with van der Waals surface area (Å²) in [5, 5.41) is 10.1. The van der Waals surface area contributed by atoms with E-state index in [1.807, 2.05) is 18.9 Å². The lowest BCUT2D eigenvalue weighted by Gasteiger charge is -2.19. The van der Waals surface area contributed by atoms with E-state index in [1.54, 1.807) is 6.92 Å². The highest BCUT2D eigenvalue weighted by Crippen LogP contribution is 2.37. The zero-order valence-electron chi connectivity index (χ0n) is 9.23. The van der Waals surface area contributed by atoms with Gasteiger partial charge in [0, 0.05) is 13.6 Å². The number of hydrogen-bond acceptors (Lipinski definition) is 6. The van der Waals surface area contributed by atoms with Crippen LogP contribution in [-0.4, -0.2) is 35.8 Å². The van der Waals surface area contributed by atoms with E-state index >= 15 is 0 Å². The SMILES string of the molecule is CCOc1c(N)nsc1N(C)CC(C)O. The number of rotatable bonds is 5. The lowest BCUT2D eigenvalue weighted by atomic mass is 10.4. The van der Waals surface area contributed by atoms with Gasteiger partial charge in [-0.2, -0.15) is 4.37 Å². The van der Waals surface area contributed by atoms with E-state index in [4.69, 9.17) is 10.5 Å². The molecule has 0 spiro atoms. The predicted molar refractivity (Wildman–Crippen MR) is 62.6 cm³/mol. The number of aromatic nitrogens is 1. The van der Waals surface area contributed by atoms with Gasteiger partial charge in [0.2, 0.25) is 0 Å². The molecule has 0 aliphatic rings. The Balaban J connectivity index is 2.83. The maximum Gasteiger partial charge on any atom is 0.197 e. The molecule has 1 atom stereocenters. The van der Waals surface area contributed by atoms with Gasteiger partial charge in [0.25, 0.3) is 0 Å². The second-order valence-corrected chi connectivity index (χ2v) is 4.12. The molecule has 0 aliphatic heterocycles. The first kappa shape index (κ1) is 12.1. The van der Waals surface area contributed by atoms with Crippen LogP contribution in [0.3, 0.4) is 0 Å². The monoisotopic (exact) mass is 231 g/mol. The Labute approximate surface area is 93.6 Å². The third-order valence-electron chi connectivity index (χ3n) is 1.83. The molecule has 1 aromatic rings. The van der Waals surface area contributed by atoms with Crippen molar-refractivity contribution in [1.82, 2.24) is 4.37 Å².